The van der Waals surface area contributed by atoms with Crippen molar-refractivity contribution in [2.75, 3.05) is 7.11 Å². The van der Waals surface area contributed by atoms with Gasteiger partial charge in [0.2, 0.25) is 0 Å². The van der Waals surface area contributed by atoms with Crippen LogP contribution in [-0.2, 0) is 14.3 Å². The van der Waals surface area contributed by atoms with Crippen LogP contribution in [-0.4, -0.2) is 25.3 Å². The fourth-order valence-corrected chi connectivity index (χ4v) is 0.732. The second kappa shape index (κ2) is 4.61. The molecule has 0 saturated carbocycles. The fraction of sp³-hybridized carbons (Fsp3) is 0.900. The van der Waals surface area contributed by atoms with E-state index in [0.717, 1.165) is 0 Å². The number of ether oxygens (including phenoxy) is 2. The van der Waals surface area contributed by atoms with E-state index < -0.39 is 6.10 Å². The summed E-state index contributed by atoms with van der Waals surface area (Å²) in [6.07, 6.45) is -0.458. The lowest BCUT2D eigenvalue weighted by Gasteiger charge is -2.29. The van der Waals surface area contributed by atoms with Gasteiger partial charge in [-0.05, 0) is 19.3 Å². The Morgan fingerprint density at radius 2 is 1.69 bits per heavy atom. The monoisotopic (exact) mass is 188 g/mol. The molecule has 78 valence electrons. The van der Waals surface area contributed by atoms with E-state index in [9.17, 15) is 4.79 Å². The molecule has 0 aliphatic carbocycles. The zero-order valence-electron chi connectivity index (χ0n) is 9.38. The molecule has 0 fully saturated rings. The van der Waals surface area contributed by atoms with Gasteiger partial charge in [-0.3, -0.25) is 0 Å². The second-order valence-corrected chi connectivity index (χ2v) is 4.31. The molecule has 0 spiro atoms. The Bertz CT molecular complexity index is 169. The summed E-state index contributed by atoms with van der Waals surface area (Å²) in [5.74, 6) is -0.323. The molecule has 0 aromatic rings. The maximum Gasteiger partial charge on any atom is 0.334 e. The fourth-order valence-electron chi connectivity index (χ4n) is 0.732. The molecule has 0 aliphatic heterocycles. The first-order valence-electron chi connectivity index (χ1n) is 4.52. The van der Waals surface area contributed by atoms with Crippen LogP contribution in [0.2, 0.25) is 0 Å². The average molecular weight is 188 g/mol. The minimum absolute atomic E-state index is 0.0293. The minimum atomic E-state index is -0.487. The Labute approximate surface area is 80.4 Å². The molecule has 0 heterocycles. The van der Waals surface area contributed by atoms with Gasteiger partial charge >= 0.3 is 5.97 Å². The summed E-state index contributed by atoms with van der Waals surface area (Å²) in [5.41, 5.74) is 0.0439. The maximum absolute atomic E-state index is 11.0. The standard InChI is InChI=1S/C10H20O3/c1-7(9(11)12-6)13-8(2)10(3,4)5/h7-8H,1-6H3. The van der Waals surface area contributed by atoms with E-state index in [-0.39, 0.29) is 17.5 Å². The lowest BCUT2D eigenvalue weighted by Crippen LogP contribution is -2.33. The Balaban J connectivity index is 4.06. The minimum Gasteiger partial charge on any atom is -0.467 e. The molecule has 0 saturated heterocycles. The summed E-state index contributed by atoms with van der Waals surface area (Å²) in [6, 6.07) is 0. The number of methoxy groups -OCH3 is 1. The first-order valence-corrected chi connectivity index (χ1v) is 4.52. The zero-order chi connectivity index (χ0) is 10.6. The number of carbonyl (C=O) groups is 1. The SMILES string of the molecule is COC(=O)C(C)OC(C)C(C)(C)C. The molecule has 3 nitrogen and oxygen atoms in total. The highest BCUT2D eigenvalue weighted by Crippen LogP contribution is 2.22. The van der Waals surface area contributed by atoms with Gasteiger partial charge in [0.1, 0.15) is 0 Å². The molecule has 0 N–H and O–H groups in total. The summed E-state index contributed by atoms with van der Waals surface area (Å²) in [7, 11) is 1.37. The lowest BCUT2D eigenvalue weighted by molar-refractivity contribution is -0.159. The summed E-state index contributed by atoms with van der Waals surface area (Å²) < 4.78 is 10.1. The average Bonchev–Trinajstić information content (AvgIpc) is 2.01. The van der Waals surface area contributed by atoms with Gasteiger partial charge in [0.25, 0.3) is 0 Å². The van der Waals surface area contributed by atoms with E-state index in [1.165, 1.54) is 7.11 Å². The Morgan fingerprint density at radius 1 is 1.23 bits per heavy atom. The highest BCUT2D eigenvalue weighted by molar-refractivity contribution is 5.73. The number of esters is 1. The lowest BCUT2D eigenvalue weighted by atomic mass is 9.90. The highest BCUT2D eigenvalue weighted by Gasteiger charge is 2.25. The van der Waals surface area contributed by atoms with Crippen molar-refractivity contribution < 1.29 is 14.3 Å². The van der Waals surface area contributed by atoms with E-state index in [2.05, 4.69) is 25.5 Å². The first kappa shape index (κ1) is 12.4. The van der Waals surface area contributed by atoms with E-state index in [4.69, 9.17) is 4.74 Å². The van der Waals surface area contributed by atoms with Crippen molar-refractivity contribution >= 4 is 5.97 Å². The van der Waals surface area contributed by atoms with Crippen LogP contribution in [0, 0.1) is 5.41 Å². The number of hydrogen-bond acceptors (Lipinski definition) is 3. The van der Waals surface area contributed by atoms with E-state index in [0.29, 0.717) is 0 Å². The molecule has 2 atom stereocenters. The van der Waals surface area contributed by atoms with E-state index in [1.807, 2.05) is 6.92 Å². The number of hydrogen-bond donors (Lipinski definition) is 0. The largest absolute Gasteiger partial charge is 0.467 e. The van der Waals surface area contributed by atoms with Crippen LogP contribution in [0.1, 0.15) is 34.6 Å². The molecular weight excluding hydrogens is 168 g/mol. The van der Waals surface area contributed by atoms with Crippen molar-refractivity contribution in [3.8, 4) is 0 Å². The second-order valence-electron chi connectivity index (χ2n) is 4.31. The summed E-state index contributed by atoms with van der Waals surface area (Å²) in [5, 5.41) is 0. The zero-order valence-corrected chi connectivity index (χ0v) is 9.38. The smallest absolute Gasteiger partial charge is 0.334 e. The van der Waals surface area contributed by atoms with Crippen LogP contribution in [0.3, 0.4) is 0 Å². The molecule has 0 radical (unpaired) electrons. The van der Waals surface area contributed by atoms with E-state index >= 15 is 0 Å². The maximum atomic E-state index is 11.0. The van der Waals surface area contributed by atoms with Crippen LogP contribution in [0.25, 0.3) is 0 Å². The van der Waals surface area contributed by atoms with Gasteiger partial charge in [-0.2, -0.15) is 0 Å². The third-order valence-corrected chi connectivity index (χ3v) is 2.16. The molecule has 13 heavy (non-hydrogen) atoms. The normalized spacial score (nSPS) is 16.5. The van der Waals surface area contributed by atoms with Crippen LogP contribution < -0.4 is 0 Å². The van der Waals surface area contributed by atoms with Crippen LogP contribution in [0.5, 0.6) is 0 Å². The number of rotatable bonds is 3. The first-order chi connectivity index (χ1) is 5.79. The van der Waals surface area contributed by atoms with Crippen LogP contribution >= 0.6 is 0 Å². The Kier molecular flexibility index (Phi) is 4.40. The number of carbonyl (C=O) groups excluding carboxylic acids is 1. The van der Waals surface area contributed by atoms with Gasteiger partial charge in [0.05, 0.1) is 13.2 Å². The molecular formula is C10H20O3. The van der Waals surface area contributed by atoms with Crippen molar-refractivity contribution in [1.29, 1.82) is 0 Å². The van der Waals surface area contributed by atoms with Crippen molar-refractivity contribution in [2.45, 2.75) is 46.8 Å². The molecule has 0 rings (SSSR count). The van der Waals surface area contributed by atoms with Crippen molar-refractivity contribution in [2.24, 2.45) is 5.41 Å². The van der Waals surface area contributed by atoms with Gasteiger partial charge < -0.3 is 9.47 Å². The highest BCUT2D eigenvalue weighted by atomic mass is 16.6. The van der Waals surface area contributed by atoms with Gasteiger partial charge in [-0.25, -0.2) is 4.79 Å². The van der Waals surface area contributed by atoms with Gasteiger partial charge in [-0.1, -0.05) is 20.8 Å². The predicted molar refractivity (Wildman–Crippen MR) is 51.5 cm³/mol. The molecule has 0 aromatic heterocycles. The van der Waals surface area contributed by atoms with Crippen LogP contribution in [0.4, 0.5) is 0 Å². The molecule has 0 aliphatic rings. The van der Waals surface area contributed by atoms with Crippen molar-refractivity contribution in [3.63, 3.8) is 0 Å². The third-order valence-electron chi connectivity index (χ3n) is 2.16. The van der Waals surface area contributed by atoms with Crippen molar-refractivity contribution in [1.82, 2.24) is 0 Å². The molecule has 0 aromatic carbocycles. The molecule has 0 amide bonds. The predicted octanol–water partition coefficient (Wildman–Crippen LogP) is 2.00. The summed E-state index contributed by atoms with van der Waals surface area (Å²) >= 11 is 0. The Hall–Kier alpha value is -0.570. The van der Waals surface area contributed by atoms with Gasteiger partial charge in [-0.15, -0.1) is 0 Å². The van der Waals surface area contributed by atoms with Crippen molar-refractivity contribution in [3.05, 3.63) is 0 Å². The van der Waals surface area contributed by atoms with Gasteiger partial charge in [0.15, 0.2) is 6.10 Å². The Morgan fingerprint density at radius 3 is 2.00 bits per heavy atom. The molecule has 0 bridgehead atoms. The topological polar surface area (TPSA) is 35.5 Å². The van der Waals surface area contributed by atoms with E-state index in [1.54, 1.807) is 6.92 Å². The summed E-state index contributed by atoms with van der Waals surface area (Å²) in [4.78, 5) is 11.0. The van der Waals surface area contributed by atoms with Crippen LogP contribution in [0.15, 0.2) is 0 Å². The quantitative estimate of drug-likeness (QED) is 0.635. The summed E-state index contributed by atoms with van der Waals surface area (Å²) in [6.45, 7) is 9.87. The molecule has 3 heteroatoms. The third kappa shape index (κ3) is 4.27. The van der Waals surface area contributed by atoms with Gasteiger partial charge in [0, 0.05) is 0 Å². The molecule has 2 unspecified atom stereocenters.